The summed E-state index contributed by atoms with van der Waals surface area (Å²) in [7, 11) is 6.94. The average Bonchev–Trinajstić information content (AvgIpc) is 2.95. The van der Waals surface area contributed by atoms with Crippen LogP contribution in [-0.4, -0.2) is 42.6 Å². The Morgan fingerprint density at radius 3 is 2.46 bits per heavy atom. The predicted molar refractivity (Wildman–Crippen MR) is 101 cm³/mol. The third-order valence-corrected chi connectivity index (χ3v) is 5.10. The first-order valence-corrected chi connectivity index (χ1v) is 9.19. The first-order valence-electron chi connectivity index (χ1n) is 9.19. The number of aromatic nitrogens is 2. The Hall–Kier alpha value is -2.21. The number of benzene rings is 1. The first-order chi connectivity index (χ1) is 12.7. The highest BCUT2D eigenvalue weighted by atomic mass is 16.5. The van der Waals surface area contributed by atoms with Gasteiger partial charge in [0.25, 0.3) is 0 Å². The molecule has 6 nitrogen and oxygen atoms in total. The fraction of sp³-hybridized carbons (Fsp3) is 0.550. The Morgan fingerprint density at radius 1 is 1.00 bits per heavy atom. The van der Waals surface area contributed by atoms with E-state index in [9.17, 15) is 0 Å². The van der Waals surface area contributed by atoms with Gasteiger partial charge in [-0.05, 0) is 31.5 Å². The number of nitrogens with zero attached hydrogens (tertiary/aromatic N) is 3. The lowest BCUT2D eigenvalue weighted by atomic mass is 10.1. The number of ether oxygens (including phenoxy) is 3. The predicted octanol–water partition coefficient (Wildman–Crippen LogP) is 3.56. The van der Waals surface area contributed by atoms with Crippen LogP contribution in [0.3, 0.4) is 0 Å². The van der Waals surface area contributed by atoms with Gasteiger partial charge in [0, 0.05) is 25.4 Å². The first kappa shape index (κ1) is 18.6. The average molecular weight is 359 g/mol. The van der Waals surface area contributed by atoms with Crippen LogP contribution in [0.2, 0.25) is 0 Å². The zero-order valence-corrected chi connectivity index (χ0v) is 16.2. The molecule has 26 heavy (non-hydrogen) atoms. The van der Waals surface area contributed by atoms with Crippen LogP contribution in [0.4, 0.5) is 0 Å². The molecule has 0 radical (unpaired) electrons. The molecule has 0 saturated carbocycles. The maximum Gasteiger partial charge on any atom is 0.203 e. The van der Waals surface area contributed by atoms with Crippen LogP contribution >= 0.6 is 0 Å². The molecule has 1 saturated heterocycles. The lowest BCUT2D eigenvalue weighted by Crippen LogP contribution is -2.28. The summed E-state index contributed by atoms with van der Waals surface area (Å²) in [5.41, 5.74) is 2.25. The van der Waals surface area contributed by atoms with Gasteiger partial charge in [0.2, 0.25) is 5.75 Å². The SMILES string of the molecule is COc1ccc(CN2CCCCC[C@@H]2c2ccn(C)n2)c(OC)c1OC. The Balaban J connectivity index is 1.92. The fourth-order valence-corrected chi connectivity index (χ4v) is 3.81. The Morgan fingerprint density at radius 2 is 1.81 bits per heavy atom. The molecule has 142 valence electrons. The van der Waals surface area contributed by atoms with Gasteiger partial charge < -0.3 is 14.2 Å². The fourth-order valence-electron chi connectivity index (χ4n) is 3.81. The minimum absolute atomic E-state index is 0.330. The zero-order valence-electron chi connectivity index (χ0n) is 16.2. The molecule has 0 aliphatic carbocycles. The summed E-state index contributed by atoms with van der Waals surface area (Å²) in [6.07, 6.45) is 6.87. The standard InChI is InChI=1S/C20H29N3O3/c1-22-13-11-16(21-22)17-8-6-5-7-12-23(17)14-15-9-10-18(24-2)20(26-4)19(15)25-3/h9-11,13,17H,5-8,12,14H2,1-4H3/t17-/m1/s1. The molecular formula is C20H29N3O3. The van der Waals surface area contributed by atoms with E-state index < -0.39 is 0 Å². The summed E-state index contributed by atoms with van der Waals surface area (Å²) in [6.45, 7) is 1.85. The quantitative estimate of drug-likeness (QED) is 0.789. The van der Waals surface area contributed by atoms with Gasteiger partial charge >= 0.3 is 0 Å². The lowest BCUT2D eigenvalue weighted by Gasteiger charge is -2.29. The molecule has 1 atom stereocenters. The monoisotopic (exact) mass is 359 g/mol. The van der Waals surface area contributed by atoms with Crippen LogP contribution in [0.1, 0.15) is 43.0 Å². The van der Waals surface area contributed by atoms with E-state index in [2.05, 4.69) is 22.1 Å². The Labute approximate surface area is 155 Å². The summed E-state index contributed by atoms with van der Waals surface area (Å²) < 4.78 is 18.5. The van der Waals surface area contributed by atoms with Crippen molar-refractivity contribution in [1.82, 2.24) is 14.7 Å². The summed E-state index contributed by atoms with van der Waals surface area (Å²) in [5, 5.41) is 4.67. The van der Waals surface area contributed by atoms with E-state index in [0.29, 0.717) is 17.5 Å². The van der Waals surface area contributed by atoms with E-state index in [1.807, 2.05) is 24.0 Å². The number of aryl methyl sites for hydroxylation is 1. The van der Waals surface area contributed by atoms with Crippen molar-refractivity contribution in [2.24, 2.45) is 7.05 Å². The molecule has 0 amide bonds. The van der Waals surface area contributed by atoms with E-state index in [1.165, 1.54) is 19.3 Å². The lowest BCUT2D eigenvalue weighted by molar-refractivity contribution is 0.185. The number of rotatable bonds is 6. The van der Waals surface area contributed by atoms with E-state index in [4.69, 9.17) is 14.2 Å². The van der Waals surface area contributed by atoms with Gasteiger partial charge in [-0.15, -0.1) is 0 Å². The van der Waals surface area contributed by atoms with Crippen LogP contribution in [0.25, 0.3) is 0 Å². The van der Waals surface area contributed by atoms with Crippen molar-refractivity contribution in [2.75, 3.05) is 27.9 Å². The maximum atomic E-state index is 5.68. The Kier molecular flexibility index (Phi) is 6.04. The van der Waals surface area contributed by atoms with E-state index in [-0.39, 0.29) is 0 Å². The molecular weight excluding hydrogens is 330 g/mol. The minimum atomic E-state index is 0.330. The van der Waals surface area contributed by atoms with Crippen molar-refractivity contribution in [2.45, 2.75) is 38.3 Å². The topological polar surface area (TPSA) is 48.8 Å². The molecule has 2 heterocycles. The number of hydrogen-bond acceptors (Lipinski definition) is 5. The molecule has 0 N–H and O–H groups in total. The summed E-state index contributed by atoms with van der Waals surface area (Å²) in [5.74, 6) is 2.08. The van der Waals surface area contributed by atoms with Gasteiger partial charge in [0.05, 0.1) is 33.1 Å². The van der Waals surface area contributed by atoms with Gasteiger partial charge in [-0.25, -0.2) is 0 Å². The summed E-state index contributed by atoms with van der Waals surface area (Å²) in [6, 6.07) is 6.48. The van der Waals surface area contributed by atoms with Crippen LogP contribution in [0.15, 0.2) is 24.4 Å². The number of methoxy groups -OCH3 is 3. The molecule has 1 fully saturated rings. The van der Waals surface area contributed by atoms with Crippen molar-refractivity contribution in [3.8, 4) is 17.2 Å². The second-order valence-corrected chi connectivity index (χ2v) is 6.74. The van der Waals surface area contributed by atoms with Gasteiger partial charge in [0.1, 0.15) is 0 Å². The highest BCUT2D eigenvalue weighted by Gasteiger charge is 2.26. The van der Waals surface area contributed by atoms with Crippen molar-refractivity contribution < 1.29 is 14.2 Å². The molecule has 1 aliphatic rings. The molecule has 1 aliphatic heterocycles. The smallest absolute Gasteiger partial charge is 0.203 e. The second-order valence-electron chi connectivity index (χ2n) is 6.74. The third-order valence-electron chi connectivity index (χ3n) is 5.10. The highest BCUT2D eigenvalue weighted by Crippen LogP contribution is 2.41. The molecule has 0 unspecified atom stereocenters. The minimum Gasteiger partial charge on any atom is -0.493 e. The van der Waals surface area contributed by atoms with Gasteiger partial charge in [0.15, 0.2) is 11.5 Å². The molecule has 6 heteroatoms. The molecule has 1 aromatic heterocycles. The second kappa shape index (κ2) is 8.45. The molecule has 3 rings (SSSR count). The largest absolute Gasteiger partial charge is 0.493 e. The van der Waals surface area contributed by atoms with Crippen LogP contribution in [0.5, 0.6) is 17.2 Å². The Bertz CT molecular complexity index is 729. The van der Waals surface area contributed by atoms with Crippen molar-refractivity contribution in [1.29, 1.82) is 0 Å². The van der Waals surface area contributed by atoms with Crippen LogP contribution in [0, 0.1) is 0 Å². The van der Waals surface area contributed by atoms with Crippen molar-refractivity contribution in [3.63, 3.8) is 0 Å². The van der Waals surface area contributed by atoms with Gasteiger partial charge in [-0.2, -0.15) is 5.10 Å². The number of hydrogen-bond donors (Lipinski definition) is 0. The molecule has 0 bridgehead atoms. The van der Waals surface area contributed by atoms with E-state index in [0.717, 1.165) is 36.5 Å². The van der Waals surface area contributed by atoms with Crippen LogP contribution < -0.4 is 14.2 Å². The zero-order chi connectivity index (χ0) is 18.5. The van der Waals surface area contributed by atoms with Gasteiger partial charge in [-0.1, -0.05) is 18.9 Å². The van der Waals surface area contributed by atoms with Crippen molar-refractivity contribution in [3.05, 3.63) is 35.7 Å². The summed E-state index contributed by atoms with van der Waals surface area (Å²) in [4.78, 5) is 2.51. The summed E-state index contributed by atoms with van der Waals surface area (Å²) >= 11 is 0. The van der Waals surface area contributed by atoms with Crippen molar-refractivity contribution >= 4 is 0 Å². The number of likely N-dealkylation sites (tertiary alicyclic amines) is 1. The normalized spacial score (nSPS) is 18.4. The maximum absolute atomic E-state index is 5.68. The molecule has 1 aromatic carbocycles. The third kappa shape index (κ3) is 3.80. The molecule has 2 aromatic rings. The van der Waals surface area contributed by atoms with Crippen LogP contribution in [-0.2, 0) is 13.6 Å². The highest BCUT2D eigenvalue weighted by molar-refractivity contribution is 5.55. The van der Waals surface area contributed by atoms with Gasteiger partial charge in [-0.3, -0.25) is 9.58 Å². The molecule has 0 spiro atoms. The van der Waals surface area contributed by atoms with E-state index >= 15 is 0 Å². The van der Waals surface area contributed by atoms with E-state index in [1.54, 1.807) is 21.3 Å².